The van der Waals surface area contributed by atoms with E-state index in [4.69, 9.17) is 4.52 Å². The first-order valence-corrected chi connectivity index (χ1v) is 8.34. The number of alkyl carbamates (subject to hydrolysis) is 1. The molecule has 0 saturated carbocycles. The van der Waals surface area contributed by atoms with Crippen LogP contribution in [-0.4, -0.2) is 53.3 Å². The monoisotopic (exact) mass is 338 g/mol. The van der Waals surface area contributed by atoms with Crippen molar-refractivity contribution in [1.82, 2.24) is 20.4 Å². The number of nitrogens with zero attached hydrogens (tertiary/aromatic N) is 3. The number of piperidine rings is 1. The Bertz CT molecular complexity index is 572. The van der Waals surface area contributed by atoms with Gasteiger partial charge < -0.3 is 19.5 Å². The van der Waals surface area contributed by atoms with Gasteiger partial charge in [0.1, 0.15) is 6.04 Å². The van der Waals surface area contributed by atoms with Crippen LogP contribution < -0.4 is 5.32 Å². The van der Waals surface area contributed by atoms with Gasteiger partial charge in [-0.05, 0) is 32.1 Å². The van der Waals surface area contributed by atoms with E-state index in [0.717, 1.165) is 12.8 Å². The summed E-state index contributed by atoms with van der Waals surface area (Å²) in [5, 5.41) is 6.47. The van der Waals surface area contributed by atoms with E-state index in [1.807, 2.05) is 13.8 Å². The lowest BCUT2D eigenvalue weighted by Gasteiger charge is -2.34. The lowest BCUT2D eigenvalue weighted by Crippen LogP contribution is -2.51. The number of aromatic nitrogens is 2. The molecular weight excluding hydrogens is 312 g/mol. The molecule has 0 spiro atoms. The molecule has 1 aliphatic heterocycles. The highest BCUT2D eigenvalue weighted by Gasteiger charge is 2.32. The average molecular weight is 338 g/mol. The van der Waals surface area contributed by atoms with Crippen molar-refractivity contribution in [1.29, 1.82) is 0 Å². The summed E-state index contributed by atoms with van der Waals surface area (Å²) in [6, 6.07) is -0.583. The second-order valence-electron chi connectivity index (χ2n) is 6.62. The van der Waals surface area contributed by atoms with Crippen LogP contribution in [0.1, 0.15) is 50.7 Å². The number of aryl methyl sites for hydroxylation is 1. The van der Waals surface area contributed by atoms with Crippen molar-refractivity contribution in [2.75, 3.05) is 20.2 Å². The van der Waals surface area contributed by atoms with E-state index in [1.54, 1.807) is 11.8 Å². The smallest absolute Gasteiger partial charge is 0.407 e. The Morgan fingerprint density at radius 2 is 2.21 bits per heavy atom. The van der Waals surface area contributed by atoms with Crippen LogP contribution in [0.3, 0.4) is 0 Å². The molecule has 8 nitrogen and oxygen atoms in total. The molecule has 0 aliphatic carbocycles. The number of hydrogen-bond acceptors (Lipinski definition) is 6. The van der Waals surface area contributed by atoms with Gasteiger partial charge in [-0.2, -0.15) is 4.98 Å². The molecule has 134 valence electrons. The van der Waals surface area contributed by atoms with Crippen LogP contribution >= 0.6 is 0 Å². The number of carbonyl (C=O) groups excluding carboxylic acids is 2. The maximum Gasteiger partial charge on any atom is 0.407 e. The van der Waals surface area contributed by atoms with Crippen LogP contribution in [0.25, 0.3) is 0 Å². The van der Waals surface area contributed by atoms with Crippen LogP contribution in [0, 0.1) is 12.8 Å². The summed E-state index contributed by atoms with van der Waals surface area (Å²) in [7, 11) is 1.29. The van der Waals surface area contributed by atoms with E-state index in [0.29, 0.717) is 31.2 Å². The summed E-state index contributed by atoms with van der Waals surface area (Å²) in [6.45, 7) is 6.99. The fourth-order valence-corrected chi connectivity index (χ4v) is 2.97. The van der Waals surface area contributed by atoms with Crippen molar-refractivity contribution in [2.45, 2.75) is 52.0 Å². The minimum absolute atomic E-state index is 0.0433. The Morgan fingerprint density at radius 1 is 1.46 bits per heavy atom. The SMILES string of the molecule is COC(=O)N[C@@H](CC(C)C)C(=O)N1CCC[C@H](c2nc(C)no2)C1. The van der Waals surface area contributed by atoms with Gasteiger partial charge in [-0.3, -0.25) is 4.79 Å². The summed E-state index contributed by atoms with van der Waals surface area (Å²) in [5.74, 6) is 1.40. The molecule has 8 heteroatoms. The standard InChI is InChI=1S/C16H26N4O4/c1-10(2)8-13(18-16(22)23-4)15(21)20-7-5-6-12(9-20)14-17-11(3)19-24-14/h10,12-13H,5-9H2,1-4H3,(H,18,22)/t12-,13-/m0/s1. The molecule has 1 N–H and O–H groups in total. The fraction of sp³-hybridized carbons (Fsp3) is 0.750. The Morgan fingerprint density at radius 3 is 2.79 bits per heavy atom. The van der Waals surface area contributed by atoms with Crippen molar-refractivity contribution >= 4 is 12.0 Å². The largest absolute Gasteiger partial charge is 0.453 e. The zero-order valence-electron chi connectivity index (χ0n) is 14.7. The van der Waals surface area contributed by atoms with E-state index < -0.39 is 12.1 Å². The topological polar surface area (TPSA) is 97.6 Å². The minimum Gasteiger partial charge on any atom is -0.453 e. The fourth-order valence-electron chi connectivity index (χ4n) is 2.97. The predicted molar refractivity (Wildman–Crippen MR) is 86.4 cm³/mol. The number of hydrogen-bond donors (Lipinski definition) is 1. The van der Waals surface area contributed by atoms with Gasteiger partial charge in [0, 0.05) is 13.1 Å². The minimum atomic E-state index is -0.588. The van der Waals surface area contributed by atoms with Gasteiger partial charge in [-0.1, -0.05) is 19.0 Å². The molecule has 2 heterocycles. The third kappa shape index (κ3) is 4.69. The number of carbonyl (C=O) groups is 2. The molecule has 1 aromatic heterocycles. The Kier molecular flexibility index (Phi) is 6.16. The first-order chi connectivity index (χ1) is 11.4. The second-order valence-corrected chi connectivity index (χ2v) is 6.62. The first kappa shape index (κ1) is 18.2. The first-order valence-electron chi connectivity index (χ1n) is 8.34. The molecule has 0 radical (unpaired) electrons. The van der Waals surface area contributed by atoms with E-state index in [9.17, 15) is 9.59 Å². The highest BCUT2D eigenvalue weighted by atomic mass is 16.5. The number of rotatable bonds is 5. The van der Waals surface area contributed by atoms with Crippen molar-refractivity contribution in [2.24, 2.45) is 5.92 Å². The van der Waals surface area contributed by atoms with Crippen LogP contribution in [0.2, 0.25) is 0 Å². The molecule has 24 heavy (non-hydrogen) atoms. The molecule has 2 amide bonds. The zero-order chi connectivity index (χ0) is 17.7. The number of likely N-dealkylation sites (tertiary alicyclic amines) is 1. The Labute approximate surface area is 141 Å². The maximum atomic E-state index is 12.9. The van der Waals surface area contributed by atoms with Crippen molar-refractivity contribution in [3.8, 4) is 0 Å². The van der Waals surface area contributed by atoms with Crippen LogP contribution in [-0.2, 0) is 9.53 Å². The molecule has 0 unspecified atom stereocenters. The normalized spacial score (nSPS) is 19.2. The molecule has 1 fully saturated rings. The summed E-state index contributed by atoms with van der Waals surface area (Å²) < 4.78 is 9.89. The van der Waals surface area contributed by atoms with Gasteiger partial charge in [0.25, 0.3) is 0 Å². The van der Waals surface area contributed by atoms with Gasteiger partial charge in [-0.15, -0.1) is 0 Å². The van der Waals surface area contributed by atoms with E-state index in [2.05, 4.69) is 20.2 Å². The van der Waals surface area contributed by atoms with Gasteiger partial charge in [0.15, 0.2) is 5.82 Å². The quantitative estimate of drug-likeness (QED) is 0.880. The number of nitrogens with one attached hydrogen (secondary N) is 1. The van der Waals surface area contributed by atoms with Crippen molar-refractivity contribution in [3.63, 3.8) is 0 Å². The molecular formula is C16H26N4O4. The lowest BCUT2D eigenvalue weighted by molar-refractivity contribution is -0.135. The summed E-state index contributed by atoms with van der Waals surface area (Å²) >= 11 is 0. The molecule has 2 atom stereocenters. The highest BCUT2D eigenvalue weighted by molar-refractivity contribution is 5.85. The average Bonchev–Trinajstić information content (AvgIpc) is 2.99. The summed E-state index contributed by atoms with van der Waals surface area (Å²) in [5.41, 5.74) is 0. The third-order valence-corrected chi connectivity index (χ3v) is 4.11. The second kappa shape index (κ2) is 8.12. The number of amides is 2. The molecule has 1 saturated heterocycles. The molecule has 1 aliphatic rings. The number of methoxy groups -OCH3 is 1. The van der Waals surface area contributed by atoms with Crippen molar-refractivity contribution < 1.29 is 18.8 Å². The highest BCUT2D eigenvalue weighted by Crippen LogP contribution is 2.26. The Hall–Kier alpha value is -2.12. The van der Waals surface area contributed by atoms with Crippen LogP contribution in [0.4, 0.5) is 4.79 Å². The van der Waals surface area contributed by atoms with Crippen LogP contribution in [0.15, 0.2) is 4.52 Å². The predicted octanol–water partition coefficient (Wildman–Crippen LogP) is 1.85. The molecule has 2 rings (SSSR count). The summed E-state index contributed by atoms with van der Waals surface area (Å²) in [4.78, 5) is 30.5. The summed E-state index contributed by atoms with van der Waals surface area (Å²) in [6.07, 6.45) is 1.75. The van der Waals surface area contributed by atoms with Crippen LogP contribution in [0.5, 0.6) is 0 Å². The van der Waals surface area contributed by atoms with Gasteiger partial charge in [0.2, 0.25) is 11.8 Å². The van der Waals surface area contributed by atoms with E-state index in [-0.39, 0.29) is 17.7 Å². The zero-order valence-corrected chi connectivity index (χ0v) is 14.7. The van der Waals surface area contributed by atoms with Gasteiger partial charge >= 0.3 is 6.09 Å². The molecule has 0 aromatic carbocycles. The van der Waals surface area contributed by atoms with E-state index >= 15 is 0 Å². The lowest BCUT2D eigenvalue weighted by atomic mass is 9.96. The van der Waals surface area contributed by atoms with Crippen molar-refractivity contribution in [3.05, 3.63) is 11.7 Å². The van der Waals surface area contributed by atoms with E-state index in [1.165, 1.54) is 7.11 Å². The van der Waals surface area contributed by atoms with Gasteiger partial charge in [0.05, 0.1) is 13.0 Å². The third-order valence-electron chi connectivity index (χ3n) is 4.11. The molecule has 1 aromatic rings. The molecule has 0 bridgehead atoms. The Balaban J connectivity index is 2.05. The maximum absolute atomic E-state index is 12.9. The van der Waals surface area contributed by atoms with Gasteiger partial charge in [-0.25, -0.2) is 4.79 Å². The number of ether oxygens (including phenoxy) is 1.